The Labute approximate surface area is 122 Å². The number of rotatable bonds is 7. The lowest BCUT2D eigenvalue weighted by Gasteiger charge is -2.25. The van der Waals surface area contributed by atoms with Gasteiger partial charge < -0.3 is 20.3 Å². The summed E-state index contributed by atoms with van der Waals surface area (Å²) in [5.74, 6) is 0.539. The number of benzene rings is 1. The summed E-state index contributed by atoms with van der Waals surface area (Å²) in [4.78, 5) is 0. The first-order chi connectivity index (χ1) is 8.95. The van der Waals surface area contributed by atoms with Crippen molar-refractivity contribution in [2.24, 2.45) is 0 Å². The summed E-state index contributed by atoms with van der Waals surface area (Å²) in [7, 11) is 1.52. The third-order valence-corrected chi connectivity index (χ3v) is 4.01. The maximum atomic E-state index is 10.2. The van der Waals surface area contributed by atoms with E-state index in [-0.39, 0.29) is 5.75 Å². The van der Waals surface area contributed by atoms with Gasteiger partial charge in [-0.15, -0.1) is 0 Å². The number of nitrogens with one attached hydrogen (secondary N) is 1. The first-order valence-corrected chi connectivity index (χ1v) is 7.23. The van der Waals surface area contributed by atoms with E-state index in [1.807, 2.05) is 19.9 Å². The van der Waals surface area contributed by atoms with Gasteiger partial charge in [-0.25, -0.2) is 0 Å². The van der Waals surface area contributed by atoms with Crippen molar-refractivity contribution in [2.45, 2.75) is 38.8 Å². The van der Waals surface area contributed by atoms with Gasteiger partial charge >= 0.3 is 0 Å². The second kappa shape index (κ2) is 7.12. The molecular weight excluding hydrogens is 310 g/mol. The molecule has 0 bridgehead atoms. The van der Waals surface area contributed by atoms with Crippen molar-refractivity contribution in [2.75, 3.05) is 13.7 Å². The Bertz CT molecular complexity index is 419. The predicted molar refractivity (Wildman–Crippen MR) is 79.6 cm³/mol. The minimum atomic E-state index is -0.655. The molecule has 108 valence electrons. The molecule has 1 aromatic rings. The number of halogens is 1. The average molecular weight is 332 g/mol. The van der Waals surface area contributed by atoms with Crippen LogP contribution in [-0.2, 0) is 6.54 Å². The number of methoxy groups -OCH3 is 1. The number of hydrogen-bond donors (Lipinski definition) is 3. The van der Waals surface area contributed by atoms with Crippen LogP contribution in [0, 0.1) is 0 Å². The third-order valence-electron chi connectivity index (χ3n) is 3.41. The zero-order chi connectivity index (χ0) is 14.5. The SMILES string of the molecule is CCC(O)(CC)CNCc1cc(Br)c(O)c(OC)c1. The molecule has 4 nitrogen and oxygen atoms in total. The number of phenols is 1. The van der Waals surface area contributed by atoms with Crippen molar-refractivity contribution in [1.82, 2.24) is 5.32 Å². The van der Waals surface area contributed by atoms with Crippen molar-refractivity contribution in [3.63, 3.8) is 0 Å². The summed E-state index contributed by atoms with van der Waals surface area (Å²) in [5.41, 5.74) is 0.328. The van der Waals surface area contributed by atoms with E-state index in [1.54, 1.807) is 6.07 Å². The number of phenolic OH excluding ortho intramolecular Hbond substituents is 1. The van der Waals surface area contributed by atoms with Crippen LogP contribution >= 0.6 is 15.9 Å². The molecule has 19 heavy (non-hydrogen) atoms. The fourth-order valence-electron chi connectivity index (χ4n) is 1.82. The van der Waals surface area contributed by atoms with Crippen LogP contribution in [0.25, 0.3) is 0 Å². The number of aromatic hydroxyl groups is 1. The topological polar surface area (TPSA) is 61.7 Å². The van der Waals surface area contributed by atoms with Crippen LogP contribution in [0.3, 0.4) is 0 Å². The summed E-state index contributed by atoms with van der Waals surface area (Å²) in [5, 5.41) is 23.1. The van der Waals surface area contributed by atoms with E-state index in [0.717, 1.165) is 18.4 Å². The first-order valence-electron chi connectivity index (χ1n) is 6.44. The third kappa shape index (κ3) is 4.37. The highest BCUT2D eigenvalue weighted by Gasteiger charge is 2.21. The molecule has 3 N–H and O–H groups in total. The van der Waals surface area contributed by atoms with E-state index < -0.39 is 5.60 Å². The molecule has 5 heteroatoms. The van der Waals surface area contributed by atoms with Crippen LogP contribution in [-0.4, -0.2) is 29.5 Å². The van der Waals surface area contributed by atoms with Crippen LogP contribution in [0.4, 0.5) is 0 Å². The van der Waals surface area contributed by atoms with Crippen LogP contribution in [0.5, 0.6) is 11.5 Å². The van der Waals surface area contributed by atoms with Crippen LogP contribution < -0.4 is 10.1 Å². The maximum absolute atomic E-state index is 10.2. The quantitative estimate of drug-likeness (QED) is 0.719. The standard InChI is InChI=1S/C14H22BrNO3/c1-4-14(18,5-2)9-16-8-10-6-11(15)13(17)12(7-10)19-3/h6-7,16-18H,4-5,8-9H2,1-3H3. The first kappa shape index (κ1) is 16.3. The normalized spacial score (nSPS) is 11.6. The second-order valence-electron chi connectivity index (χ2n) is 4.66. The number of hydrogen-bond acceptors (Lipinski definition) is 4. The van der Waals surface area contributed by atoms with Crippen molar-refractivity contribution in [3.8, 4) is 11.5 Å². The molecule has 0 saturated heterocycles. The van der Waals surface area contributed by atoms with E-state index in [4.69, 9.17) is 4.74 Å². The van der Waals surface area contributed by atoms with Crippen LogP contribution in [0.2, 0.25) is 0 Å². The molecule has 0 heterocycles. The molecule has 0 aliphatic carbocycles. The predicted octanol–water partition coefficient (Wildman–Crippen LogP) is 2.80. The van der Waals surface area contributed by atoms with Crippen molar-refractivity contribution >= 4 is 15.9 Å². The second-order valence-corrected chi connectivity index (χ2v) is 5.52. The lowest BCUT2D eigenvalue weighted by atomic mass is 9.97. The Morgan fingerprint density at radius 1 is 1.32 bits per heavy atom. The minimum absolute atomic E-state index is 0.102. The van der Waals surface area contributed by atoms with E-state index in [9.17, 15) is 10.2 Å². The summed E-state index contributed by atoms with van der Waals surface area (Å²) in [6, 6.07) is 3.62. The molecule has 0 aliphatic rings. The van der Waals surface area contributed by atoms with Gasteiger partial charge in [-0.3, -0.25) is 0 Å². The molecule has 0 spiro atoms. The fraction of sp³-hybridized carbons (Fsp3) is 0.571. The molecule has 0 amide bonds. The Hall–Kier alpha value is -0.780. The van der Waals surface area contributed by atoms with E-state index >= 15 is 0 Å². The molecule has 0 radical (unpaired) electrons. The van der Waals surface area contributed by atoms with E-state index in [0.29, 0.717) is 23.3 Å². The summed E-state index contributed by atoms with van der Waals surface area (Å²) >= 11 is 3.29. The minimum Gasteiger partial charge on any atom is -0.503 e. The molecule has 0 unspecified atom stereocenters. The van der Waals surface area contributed by atoms with E-state index in [2.05, 4.69) is 21.2 Å². The highest BCUT2D eigenvalue weighted by molar-refractivity contribution is 9.10. The van der Waals surface area contributed by atoms with Gasteiger partial charge in [0.1, 0.15) is 0 Å². The summed E-state index contributed by atoms with van der Waals surface area (Å²) in [6.45, 7) is 5.11. The molecule has 0 aliphatic heterocycles. The molecular formula is C14H22BrNO3. The van der Waals surface area contributed by atoms with Crippen molar-refractivity contribution < 1.29 is 14.9 Å². The van der Waals surface area contributed by atoms with Gasteiger partial charge in [-0.05, 0) is 46.5 Å². The van der Waals surface area contributed by atoms with Gasteiger partial charge in [0.25, 0.3) is 0 Å². The summed E-state index contributed by atoms with van der Waals surface area (Å²) in [6.07, 6.45) is 1.44. The van der Waals surface area contributed by atoms with Crippen LogP contribution in [0.15, 0.2) is 16.6 Å². The van der Waals surface area contributed by atoms with Crippen molar-refractivity contribution in [3.05, 3.63) is 22.2 Å². The molecule has 0 saturated carbocycles. The van der Waals surface area contributed by atoms with Crippen molar-refractivity contribution in [1.29, 1.82) is 0 Å². The maximum Gasteiger partial charge on any atom is 0.172 e. The van der Waals surface area contributed by atoms with Gasteiger partial charge in [0, 0.05) is 13.1 Å². The molecule has 1 rings (SSSR count). The smallest absolute Gasteiger partial charge is 0.172 e. The van der Waals surface area contributed by atoms with Gasteiger partial charge in [-0.1, -0.05) is 13.8 Å². The average Bonchev–Trinajstić information content (AvgIpc) is 2.42. The number of ether oxygens (including phenoxy) is 1. The van der Waals surface area contributed by atoms with E-state index in [1.165, 1.54) is 7.11 Å². The fourth-order valence-corrected chi connectivity index (χ4v) is 2.31. The van der Waals surface area contributed by atoms with Gasteiger partial charge in [-0.2, -0.15) is 0 Å². The Morgan fingerprint density at radius 2 is 1.95 bits per heavy atom. The Kier molecular flexibility index (Phi) is 6.10. The number of aliphatic hydroxyl groups is 1. The van der Waals surface area contributed by atoms with Gasteiger partial charge in [0.2, 0.25) is 0 Å². The molecule has 0 aromatic heterocycles. The monoisotopic (exact) mass is 331 g/mol. The van der Waals surface area contributed by atoms with Gasteiger partial charge in [0.15, 0.2) is 11.5 Å². The highest BCUT2D eigenvalue weighted by Crippen LogP contribution is 2.35. The lowest BCUT2D eigenvalue weighted by Crippen LogP contribution is -2.39. The van der Waals surface area contributed by atoms with Gasteiger partial charge in [0.05, 0.1) is 17.2 Å². The lowest BCUT2D eigenvalue weighted by molar-refractivity contribution is 0.0323. The Morgan fingerprint density at radius 3 is 2.47 bits per heavy atom. The summed E-state index contributed by atoms with van der Waals surface area (Å²) < 4.78 is 5.70. The zero-order valence-electron chi connectivity index (χ0n) is 11.7. The molecule has 0 fully saturated rings. The zero-order valence-corrected chi connectivity index (χ0v) is 13.2. The highest BCUT2D eigenvalue weighted by atomic mass is 79.9. The Balaban J connectivity index is 2.66. The molecule has 1 aromatic carbocycles. The molecule has 0 atom stereocenters. The largest absolute Gasteiger partial charge is 0.503 e. The van der Waals surface area contributed by atoms with Crippen LogP contribution in [0.1, 0.15) is 32.3 Å².